The summed E-state index contributed by atoms with van der Waals surface area (Å²) in [5.74, 6) is 0.292. The highest BCUT2D eigenvalue weighted by Gasteiger charge is 2.19. The lowest BCUT2D eigenvalue weighted by molar-refractivity contribution is 0.0520. The molecule has 5 heteroatoms. The van der Waals surface area contributed by atoms with Crippen LogP contribution in [0.4, 0.5) is 5.82 Å². The van der Waals surface area contributed by atoms with E-state index in [1.165, 1.54) is 12.8 Å². The fraction of sp³-hybridized carbons (Fsp3) is 0.438. The first kappa shape index (κ1) is 13.8. The second kappa shape index (κ2) is 6.08. The van der Waals surface area contributed by atoms with Gasteiger partial charge in [-0.1, -0.05) is 18.9 Å². The molecule has 0 amide bonds. The molecule has 3 rings (SSSR count). The van der Waals surface area contributed by atoms with Gasteiger partial charge >= 0.3 is 5.97 Å². The van der Waals surface area contributed by atoms with Crippen molar-refractivity contribution in [3.63, 3.8) is 0 Å². The van der Waals surface area contributed by atoms with Crippen LogP contribution in [0.1, 0.15) is 43.1 Å². The van der Waals surface area contributed by atoms with Gasteiger partial charge in [0.15, 0.2) is 11.5 Å². The zero-order valence-corrected chi connectivity index (χ0v) is 12.1. The van der Waals surface area contributed by atoms with E-state index in [1.807, 2.05) is 12.1 Å². The molecule has 0 atom stereocenters. The van der Waals surface area contributed by atoms with Crippen LogP contribution in [0.25, 0.3) is 10.9 Å². The molecule has 0 radical (unpaired) electrons. The van der Waals surface area contributed by atoms with Crippen molar-refractivity contribution in [1.29, 1.82) is 0 Å². The van der Waals surface area contributed by atoms with E-state index >= 15 is 0 Å². The van der Waals surface area contributed by atoms with Gasteiger partial charge in [0, 0.05) is 17.6 Å². The molecule has 21 heavy (non-hydrogen) atoms. The minimum Gasteiger partial charge on any atom is -0.461 e. The predicted octanol–water partition coefficient (Wildman–Crippen LogP) is 3.16. The zero-order chi connectivity index (χ0) is 14.7. The van der Waals surface area contributed by atoms with Gasteiger partial charge in [-0.25, -0.2) is 9.78 Å². The van der Waals surface area contributed by atoms with Gasteiger partial charge in [0.05, 0.1) is 6.61 Å². The average molecular weight is 285 g/mol. The van der Waals surface area contributed by atoms with E-state index < -0.39 is 5.97 Å². The molecule has 0 spiro atoms. The molecular formula is C16H19N3O2. The summed E-state index contributed by atoms with van der Waals surface area (Å²) < 4.78 is 5.05. The highest BCUT2D eigenvalue weighted by atomic mass is 16.5. The first-order valence-corrected chi connectivity index (χ1v) is 7.47. The molecule has 0 aliphatic heterocycles. The number of hydrogen-bond donors (Lipinski definition) is 1. The van der Waals surface area contributed by atoms with Gasteiger partial charge in [-0.3, -0.25) is 4.98 Å². The zero-order valence-electron chi connectivity index (χ0n) is 12.1. The quantitative estimate of drug-likeness (QED) is 0.874. The van der Waals surface area contributed by atoms with Gasteiger partial charge in [0.2, 0.25) is 0 Å². The molecule has 0 bridgehead atoms. The first-order chi connectivity index (χ1) is 10.3. The number of pyridine rings is 2. The summed E-state index contributed by atoms with van der Waals surface area (Å²) in [6, 6.07) is 5.95. The summed E-state index contributed by atoms with van der Waals surface area (Å²) in [5, 5.41) is 4.34. The fourth-order valence-corrected chi connectivity index (χ4v) is 2.76. The Bertz CT molecular complexity index is 651. The normalized spacial score (nSPS) is 15.3. The number of esters is 1. The van der Waals surface area contributed by atoms with E-state index in [2.05, 4.69) is 15.3 Å². The van der Waals surface area contributed by atoms with Crippen molar-refractivity contribution in [2.24, 2.45) is 0 Å². The van der Waals surface area contributed by atoms with Gasteiger partial charge < -0.3 is 10.1 Å². The lowest BCUT2D eigenvalue weighted by atomic mass is 10.2. The van der Waals surface area contributed by atoms with E-state index in [-0.39, 0.29) is 0 Å². The van der Waals surface area contributed by atoms with Crippen LogP contribution in [-0.2, 0) is 4.74 Å². The largest absolute Gasteiger partial charge is 0.461 e. The standard InChI is InChI=1S/C16H19N3O2/c1-2-21-16(20)13-10-11-6-5-9-17-14(11)15(19-13)18-12-7-3-4-8-12/h5-6,9-10,12H,2-4,7-8H2,1H3,(H,18,19). The first-order valence-electron chi connectivity index (χ1n) is 7.47. The van der Waals surface area contributed by atoms with Crippen molar-refractivity contribution in [3.8, 4) is 0 Å². The summed E-state index contributed by atoms with van der Waals surface area (Å²) in [5.41, 5.74) is 1.13. The summed E-state index contributed by atoms with van der Waals surface area (Å²) >= 11 is 0. The molecule has 2 aromatic heterocycles. The second-order valence-electron chi connectivity index (χ2n) is 5.28. The summed E-state index contributed by atoms with van der Waals surface area (Å²) in [6.45, 7) is 2.13. The van der Waals surface area contributed by atoms with Crippen molar-refractivity contribution >= 4 is 22.7 Å². The highest BCUT2D eigenvalue weighted by molar-refractivity contribution is 5.96. The summed E-state index contributed by atoms with van der Waals surface area (Å²) in [6.07, 6.45) is 6.49. The molecular weight excluding hydrogens is 266 g/mol. The maximum Gasteiger partial charge on any atom is 0.357 e. The molecule has 2 heterocycles. The number of rotatable bonds is 4. The Morgan fingerprint density at radius 1 is 1.43 bits per heavy atom. The Labute approximate surface area is 123 Å². The van der Waals surface area contributed by atoms with Crippen molar-refractivity contribution < 1.29 is 9.53 Å². The predicted molar refractivity (Wildman–Crippen MR) is 81.4 cm³/mol. The minimum absolute atomic E-state index is 0.331. The van der Waals surface area contributed by atoms with Crippen LogP contribution in [0, 0.1) is 0 Å². The van der Waals surface area contributed by atoms with Crippen molar-refractivity contribution in [3.05, 3.63) is 30.1 Å². The van der Waals surface area contributed by atoms with Crippen LogP contribution in [0.15, 0.2) is 24.4 Å². The fourth-order valence-electron chi connectivity index (χ4n) is 2.76. The van der Waals surface area contributed by atoms with Crippen LogP contribution in [0.2, 0.25) is 0 Å². The molecule has 1 N–H and O–H groups in total. The Balaban J connectivity index is 2.00. The second-order valence-corrected chi connectivity index (χ2v) is 5.28. The molecule has 1 saturated carbocycles. The third-order valence-electron chi connectivity index (χ3n) is 3.77. The minimum atomic E-state index is -0.391. The Hall–Kier alpha value is -2.17. The number of carbonyl (C=O) groups excluding carboxylic acids is 1. The monoisotopic (exact) mass is 285 g/mol. The van der Waals surface area contributed by atoms with Crippen molar-refractivity contribution in [2.45, 2.75) is 38.6 Å². The third-order valence-corrected chi connectivity index (χ3v) is 3.77. The van der Waals surface area contributed by atoms with Gasteiger partial charge in [-0.15, -0.1) is 0 Å². The summed E-state index contributed by atoms with van der Waals surface area (Å²) in [4.78, 5) is 20.8. The van der Waals surface area contributed by atoms with E-state index in [0.29, 0.717) is 24.2 Å². The Morgan fingerprint density at radius 2 is 2.24 bits per heavy atom. The summed E-state index contributed by atoms with van der Waals surface area (Å²) in [7, 11) is 0. The number of ether oxygens (including phenoxy) is 1. The van der Waals surface area contributed by atoms with E-state index in [9.17, 15) is 4.79 Å². The number of nitrogens with zero attached hydrogens (tertiary/aromatic N) is 2. The van der Waals surface area contributed by atoms with E-state index in [0.717, 1.165) is 23.7 Å². The molecule has 0 saturated heterocycles. The molecule has 110 valence electrons. The van der Waals surface area contributed by atoms with Crippen LogP contribution in [0.5, 0.6) is 0 Å². The number of anilines is 1. The van der Waals surface area contributed by atoms with E-state index in [1.54, 1.807) is 19.2 Å². The van der Waals surface area contributed by atoms with Gasteiger partial charge in [0.25, 0.3) is 0 Å². The van der Waals surface area contributed by atoms with Gasteiger partial charge in [-0.05, 0) is 31.9 Å². The molecule has 1 fully saturated rings. The number of fused-ring (bicyclic) bond motifs is 1. The van der Waals surface area contributed by atoms with E-state index in [4.69, 9.17) is 4.74 Å². The van der Waals surface area contributed by atoms with Gasteiger partial charge in [0.1, 0.15) is 5.52 Å². The molecule has 1 aliphatic rings. The number of hydrogen-bond acceptors (Lipinski definition) is 5. The van der Waals surface area contributed by atoms with Crippen LogP contribution >= 0.6 is 0 Å². The van der Waals surface area contributed by atoms with Crippen LogP contribution in [-0.4, -0.2) is 28.6 Å². The molecule has 2 aromatic rings. The number of aromatic nitrogens is 2. The molecule has 5 nitrogen and oxygen atoms in total. The van der Waals surface area contributed by atoms with Crippen molar-refractivity contribution in [2.75, 3.05) is 11.9 Å². The smallest absolute Gasteiger partial charge is 0.357 e. The SMILES string of the molecule is CCOC(=O)c1cc2cccnc2c(NC2CCCC2)n1. The lowest BCUT2D eigenvalue weighted by Crippen LogP contribution is -2.17. The van der Waals surface area contributed by atoms with Gasteiger partial charge in [-0.2, -0.15) is 0 Å². The maximum absolute atomic E-state index is 11.9. The van der Waals surface area contributed by atoms with Crippen LogP contribution < -0.4 is 5.32 Å². The maximum atomic E-state index is 11.9. The lowest BCUT2D eigenvalue weighted by Gasteiger charge is -2.15. The molecule has 0 unspecified atom stereocenters. The number of carbonyl (C=O) groups is 1. The van der Waals surface area contributed by atoms with Crippen molar-refractivity contribution in [1.82, 2.24) is 9.97 Å². The Morgan fingerprint density at radius 3 is 3.00 bits per heavy atom. The Kier molecular flexibility index (Phi) is 3.99. The number of nitrogens with one attached hydrogen (secondary N) is 1. The molecule has 1 aliphatic carbocycles. The average Bonchev–Trinajstić information content (AvgIpc) is 3.00. The molecule has 0 aromatic carbocycles. The third kappa shape index (κ3) is 2.96. The topological polar surface area (TPSA) is 64.1 Å². The van der Waals surface area contributed by atoms with Crippen LogP contribution in [0.3, 0.4) is 0 Å². The highest BCUT2D eigenvalue weighted by Crippen LogP contribution is 2.26.